The summed E-state index contributed by atoms with van der Waals surface area (Å²) in [6.45, 7) is 3.10. The van der Waals surface area contributed by atoms with Crippen LogP contribution in [0.1, 0.15) is 19.0 Å². The van der Waals surface area contributed by atoms with Crippen molar-refractivity contribution in [1.82, 2.24) is 9.59 Å². The van der Waals surface area contributed by atoms with Crippen molar-refractivity contribution in [1.29, 1.82) is 0 Å². The van der Waals surface area contributed by atoms with Crippen molar-refractivity contribution in [2.45, 2.75) is 20.0 Å². The Morgan fingerprint density at radius 3 is 3.00 bits per heavy atom. The molecule has 0 saturated carbocycles. The number of halogens is 1. The number of aromatic nitrogens is 2. The Hall–Kier alpha value is -1.74. The van der Waals surface area contributed by atoms with Crippen LogP contribution in [0.3, 0.4) is 0 Å². The summed E-state index contributed by atoms with van der Waals surface area (Å²) in [5.74, 6) is 0.408. The Kier molecular flexibility index (Phi) is 5.45. The van der Waals surface area contributed by atoms with Gasteiger partial charge in [-0.1, -0.05) is 27.3 Å². The lowest BCUT2D eigenvalue weighted by molar-refractivity contribution is -0.385. The normalized spacial score (nSPS) is 10.4. The second-order valence-electron chi connectivity index (χ2n) is 4.17. The van der Waals surface area contributed by atoms with Crippen LogP contribution < -0.4 is 10.1 Å². The van der Waals surface area contributed by atoms with E-state index in [-0.39, 0.29) is 12.3 Å². The van der Waals surface area contributed by atoms with E-state index in [1.807, 2.05) is 0 Å². The number of ether oxygens (including phenoxy) is 1. The molecule has 0 aliphatic carbocycles. The van der Waals surface area contributed by atoms with Crippen molar-refractivity contribution < 1.29 is 9.66 Å². The van der Waals surface area contributed by atoms with Gasteiger partial charge in [0.25, 0.3) is 5.69 Å². The summed E-state index contributed by atoms with van der Waals surface area (Å²) in [5.41, 5.74) is 0.663. The van der Waals surface area contributed by atoms with E-state index in [0.717, 1.165) is 18.0 Å². The number of anilines is 1. The van der Waals surface area contributed by atoms with Crippen LogP contribution in [-0.2, 0) is 6.61 Å². The molecule has 0 amide bonds. The second kappa shape index (κ2) is 7.32. The molecule has 0 radical (unpaired) electrons. The summed E-state index contributed by atoms with van der Waals surface area (Å²) >= 11 is 4.49. The van der Waals surface area contributed by atoms with Gasteiger partial charge in [-0.2, -0.15) is 0 Å². The quantitative estimate of drug-likeness (QED) is 0.589. The zero-order valence-corrected chi connectivity index (χ0v) is 13.6. The molecule has 0 fully saturated rings. The maximum atomic E-state index is 10.8. The summed E-state index contributed by atoms with van der Waals surface area (Å²) in [7, 11) is 0. The largest absolute Gasteiger partial charge is 0.487 e. The SMILES string of the molecule is CCCNc1snnc1COc1cc(Br)cc([N+](=O)[O-])c1. The Labute approximate surface area is 133 Å². The van der Waals surface area contributed by atoms with Crippen molar-refractivity contribution in [2.24, 2.45) is 0 Å². The molecule has 7 nitrogen and oxygen atoms in total. The van der Waals surface area contributed by atoms with Gasteiger partial charge in [-0.05, 0) is 12.5 Å². The summed E-state index contributed by atoms with van der Waals surface area (Å²) < 4.78 is 10.0. The summed E-state index contributed by atoms with van der Waals surface area (Å²) in [6, 6.07) is 4.47. The molecular weight excluding hydrogens is 360 g/mol. The number of benzene rings is 1. The zero-order valence-electron chi connectivity index (χ0n) is 11.2. The first kappa shape index (κ1) is 15.6. The van der Waals surface area contributed by atoms with Crippen molar-refractivity contribution in [3.05, 3.63) is 38.5 Å². The minimum absolute atomic E-state index is 0.0277. The first-order chi connectivity index (χ1) is 10.1. The number of non-ortho nitro benzene ring substituents is 1. The van der Waals surface area contributed by atoms with Crippen LogP contribution in [0, 0.1) is 10.1 Å². The standard InChI is InChI=1S/C12H13BrN4O3S/c1-2-3-14-12-11(15-16-21-12)7-20-10-5-8(13)4-9(6-10)17(18)19/h4-6,14H,2-3,7H2,1H3. The van der Waals surface area contributed by atoms with E-state index >= 15 is 0 Å². The predicted octanol–water partition coefficient (Wildman–Crippen LogP) is 3.61. The molecule has 1 heterocycles. The Morgan fingerprint density at radius 2 is 2.29 bits per heavy atom. The summed E-state index contributed by atoms with van der Waals surface area (Å²) in [6.07, 6.45) is 0.996. The molecule has 0 spiro atoms. The molecule has 0 aliphatic rings. The van der Waals surface area contributed by atoms with E-state index < -0.39 is 4.92 Å². The first-order valence-corrected chi connectivity index (χ1v) is 7.79. The van der Waals surface area contributed by atoms with Gasteiger partial charge in [0.2, 0.25) is 0 Å². The van der Waals surface area contributed by atoms with Gasteiger partial charge in [0, 0.05) is 28.6 Å². The Bertz CT molecular complexity index is 635. The fourth-order valence-corrected chi connectivity index (χ4v) is 2.62. The molecule has 0 unspecified atom stereocenters. The molecule has 0 aliphatic heterocycles. The molecular formula is C12H13BrN4O3S. The number of nitro benzene ring substituents is 1. The maximum Gasteiger partial charge on any atom is 0.274 e. The van der Waals surface area contributed by atoms with E-state index in [1.165, 1.54) is 23.7 Å². The van der Waals surface area contributed by atoms with Gasteiger partial charge in [0.1, 0.15) is 23.1 Å². The third-order valence-electron chi connectivity index (χ3n) is 2.53. The van der Waals surface area contributed by atoms with Crippen LogP contribution in [0.25, 0.3) is 0 Å². The topological polar surface area (TPSA) is 90.2 Å². The summed E-state index contributed by atoms with van der Waals surface area (Å²) in [5, 5.41) is 18.9. The third-order valence-corrected chi connectivity index (χ3v) is 3.72. The third kappa shape index (κ3) is 4.36. The van der Waals surface area contributed by atoms with Crippen LogP contribution in [0.5, 0.6) is 5.75 Å². The van der Waals surface area contributed by atoms with E-state index in [0.29, 0.717) is 15.9 Å². The van der Waals surface area contributed by atoms with Gasteiger partial charge in [0.15, 0.2) is 0 Å². The van der Waals surface area contributed by atoms with Crippen molar-refractivity contribution in [3.63, 3.8) is 0 Å². The van der Waals surface area contributed by atoms with Gasteiger partial charge in [0.05, 0.1) is 11.0 Å². The molecule has 1 aromatic heterocycles. The molecule has 112 valence electrons. The van der Waals surface area contributed by atoms with Gasteiger partial charge in [-0.3, -0.25) is 10.1 Å². The molecule has 2 rings (SSSR count). The average Bonchev–Trinajstić information content (AvgIpc) is 2.89. The number of hydrogen-bond donors (Lipinski definition) is 1. The molecule has 9 heteroatoms. The highest BCUT2D eigenvalue weighted by atomic mass is 79.9. The van der Waals surface area contributed by atoms with Gasteiger partial charge in [-0.15, -0.1) is 5.10 Å². The lowest BCUT2D eigenvalue weighted by Gasteiger charge is -2.07. The van der Waals surface area contributed by atoms with Gasteiger partial charge < -0.3 is 10.1 Å². The van der Waals surface area contributed by atoms with Crippen LogP contribution in [-0.4, -0.2) is 21.1 Å². The number of nitro groups is 1. The Morgan fingerprint density at radius 1 is 1.48 bits per heavy atom. The van der Waals surface area contributed by atoms with Crippen molar-refractivity contribution in [2.75, 3.05) is 11.9 Å². The van der Waals surface area contributed by atoms with Gasteiger partial charge in [-0.25, -0.2) is 0 Å². The number of rotatable bonds is 7. The number of nitrogens with one attached hydrogen (secondary N) is 1. The molecule has 1 aromatic carbocycles. The Balaban J connectivity index is 2.06. The summed E-state index contributed by atoms with van der Waals surface area (Å²) in [4.78, 5) is 10.3. The minimum Gasteiger partial charge on any atom is -0.487 e. The fraction of sp³-hybridized carbons (Fsp3) is 0.333. The van der Waals surface area contributed by atoms with E-state index in [2.05, 4.69) is 37.8 Å². The smallest absolute Gasteiger partial charge is 0.274 e. The fourth-order valence-electron chi connectivity index (χ4n) is 1.56. The molecule has 2 aromatic rings. The zero-order chi connectivity index (χ0) is 15.2. The average molecular weight is 373 g/mol. The molecule has 0 saturated heterocycles. The monoisotopic (exact) mass is 372 g/mol. The van der Waals surface area contributed by atoms with Crippen molar-refractivity contribution >= 4 is 38.2 Å². The van der Waals surface area contributed by atoms with E-state index in [1.54, 1.807) is 6.07 Å². The molecule has 0 bridgehead atoms. The molecule has 0 atom stereocenters. The lowest BCUT2D eigenvalue weighted by atomic mass is 10.3. The lowest BCUT2D eigenvalue weighted by Crippen LogP contribution is -2.04. The van der Waals surface area contributed by atoms with Crippen molar-refractivity contribution in [3.8, 4) is 5.75 Å². The number of nitrogens with zero attached hydrogens (tertiary/aromatic N) is 3. The minimum atomic E-state index is -0.462. The highest BCUT2D eigenvalue weighted by Crippen LogP contribution is 2.27. The highest BCUT2D eigenvalue weighted by molar-refractivity contribution is 9.10. The van der Waals surface area contributed by atoms with E-state index in [9.17, 15) is 10.1 Å². The van der Waals surface area contributed by atoms with Crippen LogP contribution in [0.2, 0.25) is 0 Å². The van der Waals surface area contributed by atoms with E-state index in [4.69, 9.17) is 4.74 Å². The highest BCUT2D eigenvalue weighted by Gasteiger charge is 2.12. The van der Waals surface area contributed by atoms with Gasteiger partial charge >= 0.3 is 0 Å². The van der Waals surface area contributed by atoms with Crippen LogP contribution in [0.4, 0.5) is 10.7 Å². The van der Waals surface area contributed by atoms with Crippen LogP contribution >= 0.6 is 27.5 Å². The molecule has 21 heavy (non-hydrogen) atoms. The first-order valence-electron chi connectivity index (χ1n) is 6.23. The van der Waals surface area contributed by atoms with Crippen LogP contribution in [0.15, 0.2) is 22.7 Å². The number of hydrogen-bond acceptors (Lipinski definition) is 7. The predicted molar refractivity (Wildman–Crippen MR) is 83.8 cm³/mol. The maximum absolute atomic E-state index is 10.8. The second-order valence-corrected chi connectivity index (χ2v) is 5.84. The molecule has 1 N–H and O–H groups in total.